The Balaban J connectivity index is 2.57. The molecule has 1 aliphatic carbocycles. The Bertz CT molecular complexity index is 336. The van der Waals surface area contributed by atoms with Gasteiger partial charge in [-0.15, -0.1) is 0 Å². The van der Waals surface area contributed by atoms with E-state index in [9.17, 15) is 5.11 Å². The fraction of sp³-hybridized carbons (Fsp3) is 0.400. The highest BCUT2D eigenvalue weighted by Gasteiger charge is 2.23. The van der Waals surface area contributed by atoms with Crippen molar-refractivity contribution < 1.29 is 9.84 Å². The van der Waals surface area contributed by atoms with E-state index in [1.54, 1.807) is 13.2 Å². The van der Waals surface area contributed by atoms with Crippen LogP contribution < -0.4 is 10.5 Å². The van der Waals surface area contributed by atoms with Crippen LogP contribution in [0.5, 0.6) is 11.5 Å². The van der Waals surface area contributed by atoms with E-state index in [4.69, 9.17) is 10.5 Å². The molecule has 2 rings (SSSR count). The second-order valence-electron chi connectivity index (χ2n) is 3.33. The van der Waals surface area contributed by atoms with Crippen molar-refractivity contribution in [3.05, 3.63) is 23.3 Å². The van der Waals surface area contributed by atoms with Crippen LogP contribution in [0.2, 0.25) is 0 Å². The van der Waals surface area contributed by atoms with Gasteiger partial charge in [0.1, 0.15) is 0 Å². The molecule has 70 valence electrons. The molecule has 0 spiro atoms. The van der Waals surface area contributed by atoms with Crippen LogP contribution in [0.4, 0.5) is 0 Å². The summed E-state index contributed by atoms with van der Waals surface area (Å²) in [5.74, 6) is 0.792. The average molecular weight is 179 g/mol. The molecule has 0 radical (unpaired) electrons. The van der Waals surface area contributed by atoms with Crippen LogP contribution in [0, 0.1) is 0 Å². The number of hydrogen-bond donors (Lipinski definition) is 2. The SMILES string of the molecule is COc1c(O)ccc2c1CCC2N. The lowest BCUT2D eigenvalue weighted by molar-refractivity contribution is 0.370. The zero-order chi connectivity index (χ0) is 9.42. The van der Waals surface area contributed by atoms with E-state index in [0.717, 1.165) is 24.0 Å². The summed E-state index contributed by atoms with van der Waals surface area (Å²) in [4.78, 5) is 0. The molecule has 0 aliphatic heterocycles. The number of phenols is 1. The topological polar surface area (TPSA) is 55.5 Å². The molecule has 13 heavy (non-hydrogen) atoms. The number of ether oxygens (including phenoxy) is 1. The smallest absolute Gasteiger partial charge is 0.163 e. The molecule has 1 unspecified atom stereocenters. The number of benzene rings is 1. The van der Waals surface area contributed by atoms with Crippen molar-refractivity contribution in [3.63, 3.8) is 0 Å². The monoisotopic (exact) mass is 179 g/mol. The molecule has 1 aromatic rings. The van der Waals surface area contributed by atoms with Crippen LogP contribution in [-0.4, -0.2) is 12.2 Å². The molecule has 0 saturated heterocycles. The molecule has 3 N–H and O–H groups in total. The maximum Gasteiger partial charge on any atom is 0.163 e. The minimum Gasteiger partial charge on any atom is -0.504 e. The molecule has 3 heteroatoms. The highest BCUT2D eigenvalue weighted by Crippen LogP contribution is 2.40. The average Bonchev–Trinajstić information content (AvgIpc) is 2.48. The quantitative estimate of drug-likeness (QED) is 0.684. The van der Waals surface area contributed by atoms with Crippen molar-refractivity contribution in [2.75, 3.05) is 7.11 Å². The normalized spacial score (nSPS) is 20.0. The van der Waals surface area contributed by atoms with Crippen molar-refractivity contribution in [1.29, 1.82) is 0 Å². The summed E-state index contributed by atoms with van der Waals surface area (Å²) in [6, 6.07) is 3.62. The second-order valence-corrected chi connectivity index (χ2v) is 3.33. The van der Waals surface area contributed by atoms with E-state index < -0.39 is 0 Å². The van der Waals surface area contributed by atoms with Crippen molar-refractivity contribution in [3.8, 4) is 11.5 Å². The minimum absolute atomic E-state index is 0.101. The Morgan fingerprint density at radius 2 is 2.31 bits per heavy atom. The van der Waals surface area contributed by atoms with E-state index >= 15 is 0 Å². The van der Waals surface area contributed by atoms with E-state index in [0.29, 0.717) is 5.75 Å². The number of hydrogen-bond acceptors (Lipinski definition) is 3. The first kappa shape index (κ1) is 8.38. The van der Waals surface area contributed by atoms with E-state index in [1.165, 1.54) is 0 Å². The Kier molecular flexibility index (Phi) is 1.88. The van der Waals surface area contributed by atoms with Gasteiger partial charge in [-0.25, -0.2) is 0 Å². The predicted molar refractivity (Wildman–Crippen MR) is 49.9 cm³/mol. The van der Waals surface area contributed by atoms with Gasteiger partial charge in [-0.1, -0.05) is 6.07 Å². The first-order valence-electron chi connectivity index (χ1n) is 4.38. The number of fused-ring (bicyclic) bond motifs is 1. The molecule has 3 nitrogen and oxygen atoms in total. The molecule has 0 heterocycles. The summed E-state index contributed by atoms with van der Waals surface area (Å²) >= 11 is 0. The van der Waals surface area contributed by atoms with Crippen molar-refractivity contribution in [2.24, 2.45) is 5.73 Å². The van der Waals surface area contributed by atoms with Gasteiger partial charge in [0.2, 0.25) is 0 Å². The number of phenolic OH excluding ortho intramolecular Hbond substituents is 1. The molecule has 1 atom stereocenters. The van der Waals surface area contributed by atoms with Crippen LogP contribution in [0.25, 0.3) is 0 Å². The van der Waals surface area contributed by atoms with Crippen molar-refractivity contribution in [2.45, 2.75) is 18.9 Å². The molecule has 0 bridgehead atoms. The number of methoxy groups -OCH3 is 1. The lowest BCUT2D eigenvalue weighted by Gasteiger charge is -2.10. The third-order valence-corrected chi connectivity index (χ3v) is 2.58. The maximum absolute atomic E-state index is 9.50. The van der Waals surface area contributed by atoms with Gasteiger partial charge in [0.25, 0.3) is 0 Å². The number of rotatable bonds is 1. The third-order valence-electron chi connectivity index (χ3n) is 2.58. The van der Waals surface area contributed by atoms with Crippen LogP contribution in [0.15, 0.2) is 12.1 Å². The van der Waals surface area contributed by atoms with Gasteiger partial charge in [0.05, 0.1) is 7.11 Å². The van der Waals surface area contributed by atoms with Gasteiger partial charge < -0.3 is 15.6 Å². The van der Waals surface area contributed by atoms with Gasteiger partial charge in [-0.3, -0.25) is 0 Å². The molecular weight excluding hydrogens is 166 g/mol. The van der Waals surface area contributed by atoms with Gasteiger partial charge in [-0.05, 0) is 24.5 Å². The third kappa shape index (κ3) is 1.16. The highest BCUT2D eigenvalue weighted by molar-refractivity contribution is 5.52. The molecule has 1 aromatic carbocycles. The van der Waals surface area contributed by atoms with Gasteiger partial charge in [0, 0.05) is 11.6 Å². The van der Waals surface area contributed by atoms with E-state index in [1.807, 2.05) is 6.07 Å². The van der Waals surface area contributed by atoms with Crippen LogP contribution in [0.3, 0.4) is 0 Å². The van der Waals surface area contributed by atoms with Crippen LogP contribution in [-0.2, 0) is 6.42 Å². The summed E-state index contributed by atoms with van der Waals surface area (Å²) in [6.45, 7) is 0. The second kappa shape index (κ2) is 2.92. The Hall–Kier alpha value is -1.22. The fourth-order valence-corrected chi connectivity index (χ4v) is 1.92. The zero-order valence-corrected chi connectivity index (χ0v) is 7.58. The standard InChI is InChI=1S/C10H13NO2/c1-13-10-7-2-4-8(11)6(7)3-5-9(10)12/h3,5,8,12H,2,4,11H2,1H3. The molecule has 0 fully saturated rings. The summed E-state index contributed by atoms with van der Waals surface area (Å²) in [7, 11) is 1.57. The molecule has 0 aromatic heterocycles. The fourth-order valence-electron chi connectivity index (χ4n) is 1.92. The van der Waals surface area contributed by atoms with Gasteiger partial charge in [0.15, 0.2) is 11.5 Å². The molecular formula is C10H13NO2. The number of nitrogens with two attached hydrogens (primary N) is 1. The highest BCUT2D eigenvalue weighted by atomic mass is 16.5. The molecule has 0 saturated carbocycles. The lowest BCUT2D eigenvalue weighted by atomic mass is 10.1. The molecule has 0 amide bonds. The van der Waals surface area contributed by atoms with Crippen LogP contribution in [0.1, 0.15) is 23.6 Å². The first-order valence-corrected chi connectivity index (χ1v) is 4.38. The van der Waals surface area contributed by atoms with E-state index in [2.05, 4.69) is 0 Å². The minimum atomic E-state index is 0.101. The lowest BCUT2D eigenvalue weighted by Crippen LogP contribution is -2.05. The largest absolute Gasteiger partial charge is 0.504 e. The Morgan fingerprint density at radius 3 is 3.00 bits per heavy atom. The van der Waals surface area contributed by atoms with Gasteiger partial charge >= 0.3 is 0 Å². The predicted octanol–water partition coefficient (Wildman–Crippen LogP) is 1.35. The Morgan fingerprint density at radius 1 is 1.54 bits per heavy atom. The number of aromatic hydroxyl groups is 1. The van der Waals surface area contributed by atoms with Crippen molar-refractivity contribution >= 4 is 0 Å². The summed E-state index contributed by atoms with van der Waals surface area (Å²) in [5, 5.41) is 9.50. The molecule has 1 aliphatic rings. The Labute approximate surface area is 77.1 Å². The van der Waals surface area contributed by atoms with Crippen molar-refractivity contribution in [1.82, 2.24) is 0 Å². The summed E-state index contributed by atoms with van der Waals surface area (Å²) in [5.41, 5.74) is 8.05. The van der Waals surface area contributed by atoms with E-state index in [-0.39, 0.29) is 11.8 Å². The summed E-state index contributed by atoms with van der Waals surface area (Å²) in [6.07, 6.45) is 1.84. The maximum atomic E-state index is 9.50. The van der Waals surface area contributed by atoms with Crippen LogP contribution >= 0.6 is 0 Å². The zero-order valence-electron chi connectivity index (χ0n) is 7.58. The first-order chi connectivity index (χ1) is 6.24. The summed E-state index contributed by atoms with van der Waals surface area (Å²) < 4.78 is 5.13. The van der Waals surface area contributed by atoms with Gasteiger partial charge in [-0.2, -0.15) is 0 Å².